The van der Waals surface area contributed by atoms with Crippen molar-refractivity contribution in [2.45, 2.75) is 52.4 Å². The van der Waals surface area contributed by atoms with Crippen LogP contribution in [0.1, 0.15) is 73.1 Å². The van der Waals surface area contributed by atoms with Crippen LogP contribution in [-0.2, 0) is 0 Å². The third-order valence-corrected chi connectivity index (χ3v) is 9.03. The Bertz CT molecular complexity index is 1000. The van der Waals surface area contributed by atoms with E-state index in [2.05, 4.69) is 13.8 Å². The predicted octanol–water partition coefficient (Wildman–Crippen LogP) is 5.85. The second-order valence-corrected chi connectivity index (χ2v) is 13.3. The van der Waals surface area contributed by atoms with Crippen LogP contribution < -0.4 is 19.3 Å². The van der Waals surface area contributed by atoms with Crippen LogP contribution in [0.25, 0.3) is 0 Å². The fourth-order valence-electron chi connectivity index (χ4n) is 5.51. The van der Waals surface area contributed by atoms with Gasteiger partial charge < -0.3 is 19.3 Å². The predicted molar refractivity (Wildman–Crippen MR) is 193 cm³/mol. The molecule has 46 heavy (non-hydrogen) atoms. The molecule has 0 aliphatic carbocycles. The Morgan fingerprint density at radius 3 is 1.20 bits per heavy atom. The molecule has 0 heterocycles. The number of hydrogen-bond donors (Lipinski definition) is 2. The number of nitrogens with one attached hydrogen (secondary N) is 2. The number of quaternary nitrogens is 2. The van der Waals surface area contributed by atoms with Crippen LogP contribution in [0.3, 0.4) is 0 Å². The topological polar surface area (TPSA) is 61.5 Å². The van der Waals surface area contributed by atoms with Crippen molar-refractivity contribution in [3.63, 3.8) is 0 Å². The summed E-state index contributed by atoms with van der Waals surface area (Å²) in [5.74, 6) is 2.94. The number of Topliss-reactive ketones (excluding diaryl/α,β-unsaturated/α-hetero) is 2. The lowest BCUT2D eigenvalue weighted by Crippen LogP contribution is -3.13. The zero-order valence-electron chi connectivity index (χ0n) is 27.6. The molecule has 2 N–H and O–H groups in total. The molecule has 0 aliphatic rings. The monoisotopic (exact) mass is 718 g/mol. The summed E-state index contributed by atoms with van der Waals surface area (Å²) in [6.07, 6.45) is 5.20. The van der Waals surface area contributed by atoms with E-state index in [-0.39, 0.29) is 23.4 Å². The fraction of sp³-hybridized carbons (Fsp3) is 0.611. The molecule has 10 heteroatoms. The van der Waals surface area contributed by atoms with Crippen LogP contribution in [0, 0.1) is 11.8 Å². The summed E-state index contributed by atoms with van der Waals surface area (Å²) in [6.45, 7) is 9.57. The zero-order chi connectivity index (χ0) is 33.6. The molecule has 0 bridgehead atoms. The van der Waals surface area contributed by atoms with Crippen molar-refractivity contribution >= 4 is 58.0 Å². The van der Waals surface area contributed by atoms with E-state index in [0.29, 0.717) is 100.0 Å². The van der Waals surface area contributed by atoms with Gasteiger partial charge in [0.05, 0.1) is 87.8 Å². The molecule has 2 aromatic carbocycles. The largest absolute Gasteiger partial charge is 0.494 e. The summed E-state index contributed by atoms with van der Waals surface area (Å²) in [6, 6.07) is 14.8. The molecular formula is C36H54Cl4N2O4+2. The minimum Gasteiger partial charge on any atom is -0.494 e. The number of rotatable bonds is 27. The molecule has 0 aromatic heterocycles. The van der Waals surface area contributed by atoms with Crippen molar-refractivity contribution in [2.75, 3.05) is 76.0 Å². The van der Waals surface area contributed by atoms with Crippen LogP contribution in [0.5, 0.6) is 11.5 Å². The number of ether oxygens (including phenoxy) is 2. The average Bonchev–Trinajstić information content (AvgIpc) is 3.06. The third kappa shape index (κ3) is 15.1. The summed E-state index contributed by atoms with van der Waals surface area (Å²) in [4.78, 5) is 30.4. The lowest BCUT2D eigenvalue weighted by Gasteiger charge is -2.26. The van der Waals surface area contributed by atoms with E-state index >= 15 is 0 Å². The summed E-state index contributed by atoms with van der Waals surface area (Å²) in [5, 5.41) is 0. The van der Waals surface area contributed by atoms with Gasteiger partial charge in [-0.1, -0.05) is 26.7 Å². The van der Waals surface area contributed by atoms with Gasteiger partial charge in [-0.15, -0.1) is 46.4 Å². The molecule has 0 aliphatic heterocycles. The first kappa shape index (κ1) is 40.6. The van der Waals surface area contributed by atoms with E-state index in [9.17, 15) is 9.59 Å². The minimum atomic E-state index is -0.303. The Morgan fingerprint density at radius 1 is 0.587 bits per heavy atom. The smallest absolute Gasteiger partial charge is 0.171 e. The van der Waals surface area contributed by atoms with Gasteiger partial charge in [-0.25, -0.2) is 0 Å². The molecule has 0 spiro atoms. The highest BCUT2D eigenvalue weighted by Crippen LogP contribution is 2.23. The second-order valence-electron chi connectivity index (χ2n) is 11.8. The standard InChI is InChI=1S/C36H52Cl4N2O4/c1-3-5-25-45-33-13-9-29(10-14-33)35(43)31(27-41(21-17-37)22-18-38)7-8-32(28-42(23-19-39)24-20-40)36(44)30-11-15-34(16-12-30)46-26-6-4-2/h9-16,31-32H,3-8,17-28H2,1-2H3/p+2. The van der Waals surface area contributed by atoms with Crippen LogP contribution in [0.15, 0.2) is 48.5 Å². The number of hydrogen-bond acceptors (Lipinski definition) is 4. The summed E-state index contributed by atoms with van der Waals surface area (Å²) >= 11 is 24.6. The van der Waals surface area contributed by atoms with Crippen LogP contribution >= 0.6 is 46.4 Å². The van der Waals surface area contributed by atoms with E-state index in [1.165, 1.54) is 9.80 Å². The van der Waals surface area contributed by atoms with E-state index < -0.39 is 0 Å². The summed E-state index contributed by atoms with van der Waals surface area (Å²) < 4.78 is 11.6. The Balaban J connectivity index is 2.32. The number of carbonyl (C=O) groups excluding carboxylic acids is 2. The number of halogens is 4. The highest BCUT2D eigenvalue weighted by atomic mass is 35.5. The zero-order valence-corrected chi connectivity index (χ0v) is 30.7. The van der Waals surface area contributed by atoms with Crippen molar-refractivity contribution in [1.82, 2.24) is 0 Å². The van der Waals surface area contributed by atoms with E-state index in [0.717, 1.165) is 37.2 Å². The SMILES string of the molecule is CCCCOc1ccc(C(=O)C(CCC(C[NH+](CCCl)CCCl)C(=O)c2ccc(OCCCC)cc2)C[NH+](CCCl)CCCl)cc1. The van der Waals surface area contributed by atoms with Gasteiger partial charge in [0.1, 0.15) is 11.5 Å². The van der Waals surface area contributed by atoms with Crippen molar-refractivity contribution in [2.24, 2.45) is 11.8 Å². The third-order valence-electron chi connectivity index (χ3n) is 8.28. The molecule has 2 unspecified atom stereocenters. The Hall–Kier alpha value is -1.54. The van der Waals surface area contributed by atoms with E-state index in [1.807, 2.05) is 48.5 Å². The average molecular weight is 721 g/mol. The number of ketones is 2. The van der Waals surface area contributed by atoms with Crippen molar-refractivity contribution in [3.05, 3.63) is 59.7 Å². The van der Waals surface area contributed by atoms with Gasteiger partial charge in [0, 0.05) is 11.1 Å². The first-order chi connectivity index (χ1) is 22.4. The van der Waals surface area contributed by atoms with Crippen LogP contribution in [0.2, 0.25) is 0 Å². The maximum Gasteiger partial charge on any atom is 0.171 e. The second kappa shape index (κ2) is 24.6. The van der Waals surface area contributed by atoms with Gasteiger partial charge in [-0.2, -0.15) is 0 Å². The molecule has 0 fully saturated rings. The van der Waals surface area contributed by atoms with Gasteiger partial charge >= 0.3 is 0 Å². The normalized spacial score (nSPS) is 12.8. The minimum absolute atomic E-state index is 0.0623. The lowest BCUT2D eigenvalue weighted by molar-refractivity contribution is -0.898. The quantitative estimate of drug-likeness (QED) is 0.0692. The van der Waals surface area contributed by atoms with Gasteiger partial charge in [0.15, 0.2) is 11.6 Å². The van der Waals surface area contributed by atoms with Gasteiger partial charge in [-0.3, -0.25) is 9.59 Å². The molecule has 2 aromatic rings. The lowest BCUT2D eigenvalue weighted by atomic mass is 9.86. The molecular weight excluding hydrogens is 666 g/mol. The molecule has 0 saturated heterocycles. The van der Waals surface area contributed by atoms with Gasteiger partial charge in [0.25, 0.3) is 0 Å². The van der Waals surface area contributed by atoms with Crippen LogP contribution in [0.4, 0.5) is 0 Å². The number of carbonyl (C=O) groups is 2. The molecule has 0 amide bonds. The first-order valence-electron chi connectivity index (χ1n) is 16.9. The van der Waals surface area contributed by atoms with Crippen LogP contribution in [-0.4, -0.2) is 87.6 Å². The molecule has 6 nitrogen and oxygen atoms in total. The highest BCUT2D eigenvalue weighted by molar-refractivity contribution is 6.18. The highest BCUT2D eigenvalue weighted by Gasteiger charge is 2.31. The Kier molecular flexibility index (Phi) is 21.7. The van der Waals surface area contributed by atoms with Crippen molar-refractivity contribution < 1.29 is 28.9 Å². The summed E-state index contributed by atoms with van der Waals surface area (Å²) in [7, 11) is 0. The van der Waals surface area contributed by atoms with Crippen molar-refractivity contribution in [3.8, 4) is 11.5 Å². The van der Waals surface area contributed by atoms with Gasteiger partial charge in [-0.05, 0) is 74.2 Å². The Labute approximate surface area is 297 Å². The maximum atomic E-state index is 14.0. The fourth-order valence-corrected chi connectivity index (χ4v) is 6.58. The van der Waals surface area contributed by atoms with E-state index in [4.69, 9.17) is 55.9 Å². The van der Waals surface area contributed by atoms with Crippen molar-refractivity contribution in [1.29, 1.82) is 0 Å². The molecule has 0 radical (unpaired) electrons. The maximum absolute atomic E-state index is 14.0. The molecule has 0 saturated carbocycles. The van der Waals surface area contributed by atoms with Gasteiger partial charge in [0.2, 0.25) is 0 Å². The number of alkyl halides is 4. The number of unbranched alkanes of at least 4 members (excludes halogenated alkanes) is 2. The summed E-state index contributed by atoms with van der Waals surface area (Å²) in [5.41, 5.74) is 1.28. The first-order valence-corrected chi connectivity index (χ1v) is 19.0. The number of benzene rings is 2. The molecule has 2 rings (SSSR count). The van der Waals surface area contributed by atoms with E-state index in [1.54, 1.807) is 0 Å². The molecule has 258 valence electrons. The Morgan fingerprint density at radius 2 is 0.913 bits per heavy atom. The molecule has 2 atom stereocenters.